The van der Waals surface area contributed by atoms with Crippen molar-refractivity contribution in [3.8, 4) is 5.75 Å². The summed E-state index contributed by atoms with van der Waals surface area (Å²) in [7, 11) is 1.59. The first-order valence-electron chi connectivity index (χ1n) is 6.52. The molecule has 2 rings (SSSR count). The number of ether oxygens (including phenoxy) is 2. The summed E-state index contributed by atoms with van der Waals surface area (Å²) in [6.07, 6.45) is -0.122. The van der Waals surface area contributed by atoms with Crippen molar-refractivity contribution in [2.45, 2.75) is 26.0 Å². The second-order valence-corrected chi connectivity index (χ2v) is 5.78. The summed E-state index contributed by atoms with van der Waals surface area (Å²) in [5.41, 5.74) is 0.742. The van der Waals surface area contributed by atoms with E-state index in [2.05, 4.69) is 26.6 Å². The molecule has 0 radical (unpaired) electrons. The Morgan fingerprint density at radius 1 is 1.48 bits per heavy atom. The van der Waals surface area contributed by atoms with E-state index in [1.807, 2.05) is 13.8 Å². The van der Waals surface area contributed by atoms with Gasteiger partial charge in [0.05, 0.1) is 23.4 Å². The molecular formula is C14H17BrN2O4. The highest BCUT2D eigenvalue weighted by molar-refractivity contribution is 9.10. The Kier molecular flexibility index (Phi) is 4.84. The predicted octanol–water partition coefficient (Wildman–Crippen LogP) is 1.93. The Hall–Kier alpha value is -1.60. The number of rotatable bonds is 4. The summed E-state index contributed by atoms with van der Waals surface area (Å²) in [6, 6.07) is 3.19. The molecule has 114 valence electrons. The van der Waals surface area contributed by atoms with Crippen LogP contribution in [0.1, 0.15) is 24.2 Å². The number of anilines is 1. The Labute approximate surface area is 131 Å². The maximum Gasteiger partial charge on any atom is 0.262 e. The molecule has 2 N–H and O–H groups in total. The van der Waals surface area contributed by atoms with Gasteiger partial charge in [0, 0.05) is 11.6 Å². The second kappa shape index (κ2) is 6.44. The molecule has 0 saturated heterocycles. The van der Waals surface area contributed by atoms with Gasteiger partial charge in [-0.25, -0.2) is 0 Å². The lowest BCUT2D eigenvalue weighted by atomic mass is 10.1. The van der Waals surface area contributed by atoms with E-state index in [4.69, 9.17) is 9.47 Å². The summed E-state index contributed by atoms with van der Waals surface area (Å²) < 4.78 is 11.2. The third-order valence-corrected chi connectivity index (χ3v) is 3.83. The fraction of sp³-hybridized carbons (Fsp3) is 0.429. The van der Waals surface area contributed by atoms with Crippen LogP contribution in [-0.4, -0.2) is 37.7 Å². The summed E-state index contributed by atoms with van der Waals surface area (Å²) in [5.74, 6) is -0.103. The van der Waals surface area contributed by atoms with Crippen LogP contribution in [0.2, 0.25) is 0 Å². The van der Waals surface area contributed by atoms with Gasteiger partial charge in [-0.2, -0.15) is 0 Å². The van der Waals surface area contributed by atoms with E-state index >= 15 is 0 Å². The van der Waals surface area contributed by atoms with E-state index < -0.39 is 0 Å². The van der Waals surface area contributed by atoms with Gasteiger partial charge in [0.2, 0.25) is 0 Å². The van der Waals surface area contributed by atoms with Gasteiger partial charge in [0.1, 0.15) is 5.75 Å². The van der Waals surface area contributed by atoms with Gasteiger partial charge in [-0.1, -0.05) is 15.9 Å². The lowest BCUT2D eigenvalue weighted by Crippen LogP contribution is -2.41. The number of carbonyl (C=O) groups excluding carboxylic acids is 2. The maximum absolute atomic E-state index is 12.4. The summed E-state index contributed by atoms with van der Waals surface area (Å²) >= 11 is 3.34. The smallest absolute Gasteiger partial charge is 0.262 e. The number of hydrogen-bond acceptors (Lipinski definition) is 4. The first-order valence-corrected chi connectivity index (χ1v) is 7.31. The molecule has 1 aromatic carbocycles. The van der Waals surface area contributed by atoms with E-state index in [1.165, 1.54) is 0 Å². The zero-order chi connectivity index (χ0) is 15.6. The molecule has 0 fully saturated rings. The molecule has 21 heavy (non-hydrogen) atoms. The van der Waals surface area contributed by atoms with E-state index in [0.29, 0.717) is 21.5 Å². The average Bonchev–Trinajstić information content (AvgIpc) is 2.45. The van der Waals surface area contributed by atoms with Crippen LogP contribution in [0, 0.1) is 0 Å². The number of hydrogen-bond donors (Lipinski definition) is 2. The van der Waals surface area contributed by atoms with Gasteiger partial charge in [-0.3, -0.25) is 9.59 Å². The number of benzene rings is 1. The zero-order valence-electron chi connectivity index (χ0n) is 12.0. The highest BCUT2D eigenvalue weighted by atomic mass is 79.9. The van der Waals surface area contributed by atoms with Gasteiger partial charge in [-0.05, 0) is 26.0 Å². The number of methoxy groups -OCH3 is 1. The summed E-state index contributed by atoms with van der Waals surface area (Å²) in [6.45, 7) is 3.67. The molecule has 6 nitrogen and oxygen atoms in total. The number of nitrogens with one attached hydrogen (secondary N) is 2. The number of halogens is 1. The molecule has 0 bridgehead atoms. The van der Waals surface area contributed by atoms with Gasteiger partial charge in [0.15, 0.2) is 6.61 Å². The second-order valence-electron chi connectivity index (χ2n) is 4.87. The van der Waals surface area contributed by atoms with Gasteiger partial charge >= 0.3 is 0 Å². The molecule has 1 aliphatic rings. The van der Waals surface area contributed by atoms with Crippen LogP contribution in [0.3, 0.4) is 0 Å². The number of carbonyl (C=O) groups is 2. The molecule has 0 aromatic heterocycles. The molecule has 1 aromatic rings. The summed E-state index contributed by atoms with van der Waals surface area (Å²) in [4.78, 5) is 23.9. The third kappa shape index (κ3) is 3.54. The van der Waals surface area contributed by atoms with Crippen molar-refractivity contribution in [1.82, 2.24) is 5.32 Å². The Morgan fingerprint density at radius 3 is 2.86 bits per heavy atom. The molecule has 0 aliphatic carbocycles. The molecule has 0 spiro atoms. The molecule has 7 heteroatoms. The van der Waals surface area contributed by atoms with Crippen molar-refractivity contribution in [3.05, 3.63) is 22.2 Å². The first-order chi connectivity index (χ1) is 9.92. The van der Waals surface area contributed by atoms with Crippen LogP contribution in [0.15, 0.2) is 16.6 Å². The zero-order valence-corrected chi connectivity index (χ0v) is 13.6. The standard InChI is InChI=1S/C14H17BrN2O4/c1-7(8(2)20-3)16-14(19)10-4-9(15)5-11-13(10)17-12(18)6-21-11/h4-5,7-8H,6H2,1-3H3,(H,16,19)(H,17,18)/t7-,8-/m0/s1. The third-order valence-electron chi connectivity index (χ3n) is 3.37. The minimum absolute atomic E-state index is 0.0539. The van der Waals surface area contributed by atoms with Gasteiger partial charge in [-0.15, -0.1) is 0 Å². The Bertz CT molecular complexity index is 576. The van der Waals surface area contributed by atoms with Crippen LogP contribution >= 0.6 is 15.9 Å². The Morgan fingerprint density at radius 2 is 2.19 bits per heavy atom. The van der Waals surface area contributed by atoms with Crippen molar-refractivity contribution >= 4 is 33.4 Å². The van der Waals surface area contributed by atoms with Crippen molar-refractivity contribution in [2.24, 2.45) is 0 Å². The molecule has 2 amide bonds. The van der Waals surface area contributed by atoms with E-state index in [9.17, 15) is 9.59 Å². The van der Waals surface area contributed by atoms with Crippen LogP contribution in [-0.2, 0) is 9.53 Å². The predicted molar refractivity (Wildman–Crippen MR) is 81.7 cm³/mol. The Balaban J connectivity index is 2.28. The first kappa shape index (κ1) is 15.8. The molecule has 1 heterocycles. The average molecular weight is 357 g/mol. The highest BCUT2D eigenvalue weighted by Gasteiger charge is 2.25. The molecule has 0 saturated carbocycles. The topological polar surface area (TPSA) is 76.7 Å². The van der Waals surface area contributed by atoms with Crippen molar-refractivity contribution in [1.29, 1.82) is 0 Å². The number of fused-ring (bicyclic) bond motifs is 1. The minimum Gasteiger partial charge on any atom is -0.482 e. The highest BCUT2D eigenvalue weighted by Crippen LogP contribution is 2.34. The quantitative estimate of drug-likeness (QED) is 0.864. The SMILES string of the molecule is CO[C@@H](C)[C@H](C)NC(=O)c1cc(Br)cc2c1NC(=O)CO2. The van der Waals surface area contributed by atoms with E-state index in [1.54, 1.807) is 19.2 Å². The minimum atomic E-state index is -0.297. The van der Waals surface area contributed by atoms with Gasteiger partial charge in [0.25, 0.3) is 11.8 Å². The maximum atomic E-state index is 12.4. The van der Waals surface area contributed by atoms with Crippen molar-refractivity contribution in [2.75, 3.05) is 19.0 Å². The van der Waals surface area contributed by atoms with Crippen LogP contribution in [0.4, 0.5) is 5.69 Å². The van der Waals surface area contributed by atoms with Crippen LogP contribution < -0.4 is 15.4 Å². The molecule has 0 unspecified atom stereocenters. The molecule has 2 atom stereocenters. The normalized spacial score (nSPS) is 16.3. The monoisotopic (exact) mass is 356 g/mol. The van der Waals surface area contributed by atoms with E-state index in [-0.39, 0.29) is 30.6 Å². The number of amides is 2. The fourth-order valence-electron chi connectivity index (χ4n) is 1.93. The van der Waals surface area contributed by atoms with Crippen LogP contribution in [0.5, 0.6) is 5.75 Å². The largest absolute Gasteiger partial charge is 0.482 e. The lowest BCUT2D eigenvalue weighted by molar-refractivity contribution is -0.118. The van der Waals surface area contributed by atoms with Crippen molar-refractivity contribution < 1.29 is 19.1 Å². The molecule has 1 aliphatic heterocycles. The summed E-state index contributed by atoms with van der Waals surface area (Å²) in [5, 5.41) is 5.52. The van der Waals surface area contributed by atoms with Crippen LogP contribution in [0.25, 0.3) is 0 Å². The van der Waals surface area contributed by atoms with Gasteiger partial charge < -0.3 is 20.1 Å². The van der Waals surface area contributed by atoms with E-state index in [0.717, 1.165) is 0 Å². The fourth-order valence-corrected chi connectivity index (χ4v) is 2.37. The molecular weight excluding hydrogens is 340 g/mol. The lowest BCUT2D eigenvalue weighted by Gasteiger charge is -2.23. The van der Waals surface area contributed by atoms with Crippen molar-refractivity contribution in [3.63, 3.8) is 0 Å².